The molecule has 1 aliphatic heterocycles. The van der Waals surface area contributed by atoms with E-state index in [-0.39, 0.29) is 11.8 Å². The number of nitrogens with zero attached hydrogens (tertiary/aromatic N) is 2. The lowest BCUT2D eigenvalue weighted by Gasteiger charge is -2.25. The summed E-state index contributed by atoms with van der Waals surface area (Å²) in [7, 11) is 0. The summed E-state index contributed by atoms with van der Waals surface area (Å²) in [5.41, 5.74) is 3.51. The summed E-state index contributed by atoms with van der Waals surface area (Å²) in [5.74, 6) is 0.916. The third-order valence-corrected chi connectivity index (χ3v) is 5.39. The summed E-state index contributed by atoms with van der Waals surface area (Å²) in [6.07, 6.45) is 5.22. The van der Waals surface area contributed by atoms with Crippen molar-refractivity contribution in [2.75, 3.05) is 6.54 Å². The molecule has 1 atom stereocenters. The Hall–Kier alpha value is -2.76. The van der Waals surface area contributed by atoms with Crippen molar-refractivity contribution >= 4 is 11.8 Å². The monoisotopic (exact) mass is 364 g/mol. The summed E-state index contributed by atoms with van der Waals surface area (Å²) in [6.45, 7) is 2.67. The zero-order chi connectivity index (χ0) is 18.8. The van der Waals surface area contributed by atoms with Crippen molar-refractivity contribution in [3.63, 3.8) is 0 Å². The number of aromatic nitrogens is 2. The van der Waals surface area contributed by atoms with Gasteiger partial charge in [0, 0.05) is 35.0 Å². The molecular formula is C21H24N4O2. The lowest BCUT2D eigenvalue weighted by molar-refractivity contribution is -0.124. The van der Waals surface area contributed by atoms with E-state index in [4.69, 9.17) is 4.98 Å². The highest BCUT2D eigenvalue weighted by molar-refractivity contribution is 5.98. The summed E-state index contributed by atoms with van der Waals surface area (Å²) in [6, 6.07) is 8.89. The number of rotatable bonds is 4. The molecule has 27 heavy (non-hydrogen) atoms. The van der Waals surface area contributed by atoms with E-state index in [9.17, 15) is 9.59 Å². The van der Waals surface area contributed by atoms with E-state index in [1.807, 2.05) is 19.1 Å². The molecule has 2 heterocycles. The number of aryl methyl sites for hydroxylation is 1. The number of amides is 2. The molecule has 2 aromatic rings. The van der Waals surface area contributed by atoms with E-state index in [2.05, 4.69) is 21.7 Å². The van der Waals surface area contributed by atoms with Crippen LogP contribution >= 0.6 is 0 Å². The fourth-order valence-electron chi connectivity index (χ4n) is 3.56. The number of hydrogen-bond donors (Lipinski definition) is 2. The second kappa shape index (κ2) is 7.47. The van der Waals surface area contributed by atoms with Crippen LogP contribution in [0.1, 0.15) is 59.8 Å². The van der Waals surface area contributed by atoms with Crippen LogP contribution in [0.25, 0.3) is 11.4 Å². The van der Waals surface area contributed by atoms with Gasteiger partial charge in [-0.15, -0.1) is 0 Å². The predicted molar refractivity (Wildman–Crippen MR) is 102 cm³/mol. The molecule has 0 bridgehead atoms. The van der Waals surface area contributed by atoms with Crippen LogP contribution in [0.5, 0.6) is 0 Å². The molecule has 0 unspecified atom stereocenters. The quantitative estimate of drug-likeness (QED) is 0.874. The minimum absolute atomic E-state index is 0.108. The Kier molecular flexibility index (Phi) is 4.88. The molecule has 1 aromatic heterocycles. The van der Waals surface area contributed by atoms with Gasteiger partial charge in [-0.25, -0.2) is 9.97 Å². The van der Waals surface area contributed by atoms with Crippen molar-refractivity contribution in [3.8, 4) is 11.4 Å². The van der Waals surface area contributed by atoms with E-state index < -0.39 is 6.04 Å². The van der Waals surface area contributed by atoms with Gasteiger partial charge in [0.05, 0.1) is 0 Å². The Morgan fingerprint density at radius 2 is 1.89 bits per heavy atom. The molecule has 4 rings (SSSR count). The number of piperidine rings is 1. The fraction of sp³-hybridized carbons (Fsp3) is 0.429. The molecule has 2 N–H and O–H groups in total. The van der Waals surface area contributed by atoms with Gasteiger partial charge < -0.3 is 10.6 Å². The molecule has 1 aromatic carbocycles. The maximum absolute atomic E-state index is 12.4. The van der Waals surface area contributed by atoms with Crippen molar-refractivity contribution in [1.29, 1.82) is 0 Å². The Balaban J connectivity index is 1.49. The van der Waals surface area contributed by atoms with Crippen molar-refractivity contribution in [3.05, 3.63) is 47.3 Å². The maximum Gasteiger partial charge on any atom is 0.251 e. The van der Waals surface area contributed by atoms with Gasteiger partial charge in [0.2, 0.25) is 5.91 Å². The largest absolute Gasteiger partial charge is 0.354 e. The summed E-state index contributed by atoms with van der Waals surface area (Å²) < 4.78 is 0. The first-order valence-corrected chi connectivity index (χ1v) is 9.65. The number of carbonyl (C=O) groups excluding carboxylic acids is 2. The van der Waals surface area contributed by atoms with Crippen LogP contribution in [-0.4, -0.2) is 34.4 Å². The zero-order valence-corrected chi connectivity index (χ0v) is 15.5. The molecule has 6 nitrogen and oxygen atoms in total. The molecule has 0 spiro atoms. The Morgan fingerprint density at radius 1 is 1.11 bits per heavy atom. The zero-order valence-electron chi connectivity index (χ0n) is 15.5. The van der Waals surface area contributed by atoms with Gasteiger partial charge >= 0.3 is 0 Å². The number of nitrogens with one attached hydrogen (secondary N) is 2. The number of benzene rings is 1. The van der Waals surface area contributed by atoms with Crippen molar-refractivity contribution in [2.24, 2.45) is 0 Å². The van der Waals surface area contributed by atoms with Crippen LogP contribution in [0.3, 0.4) is 0 Å². The van der Waals surface area contributed by atoms with Crippen LogP contribution in [0.2, 0.25) is 0 Å². The molecular weight excluding hydrogens is 340 g/mol. The highest BCUT2D eigenvalue weighted by Gasteiger charge is 2.24. The molecule has 1 saturated heterocycles. The van der Waals surface area contributed by atoms with Crippen molar-refractivity contribution in [1.82, 2.24) is 20.6 Å². The van der Waals surface area contributed by atoms with Gasteiger partial charge in [-0.1, -0.05) is 18.6 Å². The predicted octanol–water partition coefficient (Wildman–Crippen LogP) is 2.73. The minimum Gasteiger partial charge on any atom is -0.354 e. The molecule has 6 heteroatoms. The maximum atomic E-state index is 12.4. The van der Waals surface area contributed by atoms with E-state index in [0.717, 1.165) is 23.4 Å². The molecule has 2 fully saturated rings. The third-order valence-electron chi connectivity index (χ3n) is 5.39. The fourth-order valence-corrected chi connectivity index (χ4v) is 3.56. The Morgan fingerprint density at radius 3 is 2.56 bits per heavy atom. The molecule has 2 aliphatic rings. The van der Waals surface area contributed by atoms with Gasteiger partial charge in [0.15, 0.2) is 5.82 Å². The Labute approximate surface area is 158 Å². The van der Waals surface area contributed by atoms with E-state index in [0.29, 0.717) is 30.3 Å². The van der Waals surface area contributed by atoms with Crippen molar-refractivity contribution < 1.29 is 9.59 Å². The first kappa shape index (κ1) is 17.6. The van der Waals surface area contributed by atoms with Crippen LogP contribution in [0.15, 0.2) is 30.3 Å². The summed E-state index contributed by atoms with van der Waals surface area (Å²) in [5, 5.41) is 5.59. The Bertz CT molecular complexity index is 859. The number of hydrogen-bond acceptors (Lipinski definition) is 4. The van der Waals surface area contributed by atoms with Gasteiger partial charge in [-0.3, -0.25) is 9.59 Å². The van der Waals surface area contributed by atoms with Crippen LogP contribution in [0, 0.1) is 6.92 Å². The van der Waals surface area contributed by atoms with Gasteiger partial charge in [-0.05, 0) is 50.8 Å². The first-order valence-electron chi connectivity index (χ1n) is 9.65. The minimum atomic E-state index is -0.448. The second-order valence-electron chi connectivity index (χ2n) is 7.42. The summed E-state index contributed by atoms with van der Waals surface area (Å²) in [4.78, 5) is 33.5. The second-order valence-corrected chi connectivity index (χ2v) is 7.42. The topological polar surface area (TPSA) is 84.0 Å². The standard InChI is InChI=1S/C21H24N4O2/c1-13-12-18(14-4-2-5-14)24-19(23-13)15-7-9-16(10-8-15)20(26)25-17-6-3-11-22-21(17)27/h7-10,12,14,17H,2-6,11H2,1H3,(H,22,27)(H,25,26)/t17-/m1/s1. The molecule has 0 radical (unpaired) electrons. The average Bonchev–Trinajstić information content (AvgIpc) is 2.62. The smallest absolute Gasteiger partial charge is 0.251 e. The summed E-state index contributed by atoms with van der Waals surface area (Å²) >= 11 is 0. The molecule has 1 saturated carbocycles. The van der Waals surface area contributed by atoms with Crippen LogP contribution < -0.4 is 10.6 Å². The molecule has 140 valence electrons. The normalized spacial score (nSPS) is 19.9. The first-order chi connectivity index (χ1) is 13.1. The van der Waals surface area contributed by atoms with Crippen molar-refractivity contribution in [2.45, 2.75) is 51.0 Å². The SMILES string of the molecule is Cc1cc(C2CCC2)nc(-c2ccc(C(=O)N[C@@H]3CCCNC3=O)cc2)n1. The van der Waals surface area contributed by atoms with Crippen LogP contribution in [0.4, 0.5) is 0 Å². The number of carbonyl (C=O) groups is 2. The van der Waals surface area contributed by atoms with E-state index >= 15 is 0 Å². The van der Waals surface area contributed by atoms with Gasteiger partial charge in [0.25, 0.3) is 5.91 Å². The highest BCUT2D eigenvalue weighted by Crippen LogP contribution is 2.36. The lowest BCUT2D eigenvalue weighted by Crippen LogP contribution is -2.50. The average molecular weight is 364 g/mol. The highest BCUT2D eigenvalue weighted by atomic mass is 16.2. The lowest BCUT2D eigenvalue weighted by atomic mass is 9.82. The molecule has 2 amide bonds. The van der Waals surface area contributed by atoms with Gasteiger partial charge in [0.1, 0.15) is 6.04 Å². The van der Waals surface area contributed by atoms with Crippen LogP contribution in [-0.2, 0) is 4.79 Å². The van der Waals surface area contributed by atoms with E-state index in [1.165, 1.54) is 19.3 Å². The van der Waals surface area contributed by atoms with E-state index in [1.54, 1.807) is 12.1 Å². The molecule has 1 aliphatic carbocycles. The van der Waals surface area contributed by atoms with Gasteiger partial charge in [-0.2, -0.15) is 0 Å². The third kappa shape index (κ3) is 3.84.